The molecule has 1 heterocycles. The van der Waals surface area contributed by atoms with Crippen LogP contribution in [0.5, 0.6) is 0 Å². The Bertz CT molecular complexity index is 428. The molecule has 1 aromatic carbocycles. The summed E-state index contributed by atoms with van der Waals surface area (Å²) in [4.78, 5) is 1.72. The third-order valence-electron chi connectivity index (χ3n) is 3.15. The van der Waals surface area contributed by atoms with E-state index in [-0.39, 0.29) is 11.6 Å². The Kier molecular flexibility index (Phi) is 3.78. The fourth-order valence-electron chi connectivity index (χ4n) is 2.23. The Hall–Kier alpha value is -0.870. The van der Waals surface area contributed by atoms with Crippen molar-refractivity contribution in [1.82, 2.24) is 0 Å². The maximum atomic E-state index is 14.0. The number of hydrogen-bond acceptors (Lipinski definition) is 2. The lowest BCUT2D eigenvalue weighted by atomic mass is 10.0. The normalized spacial score (nSPS) is 19.1. The van der Waals surface area contributed by atoms with Crippen molar-refractivity contribution in [2.45, 2.75) is 25.3 Å². The molecule has 0 N–H and O–H groups in total. The molecule has 5 heteroatoms. The van der Waals surface area contributed by atoms with Gasteiger partial charge in [-0.25, -0.2) is 8.78 Å². The first kappa shape index (κ1) is 13.6. The number of ether oxygens (including phenoxy) is 1. The number of nitrogens with zero attached hydrogens (tertiary/aromatic N) is 1. The van der Waals surface area contributed by atoms with E-state index < -0.39 is 17.2 Å². The molecule has 0 unspecified atom stereocenters. The molecular weight excluding hydrogens is 260 g/mol. The van der Waals surface area contributed by atoms with Crippen molar-refractivity contribution in [3.63, 3.8) is 0 Å². The minimum atomic E-state index is -0.569. The molecular formula is C13H16ClF2NO. The molecule has 0 amide bonds. The number of benzene rings is 1. The molecule has 0 aromatic heterocycles. The molecule has 0 spiro atoms. The second-order valence-corrected chi connectivity index (χ2v) is 5.33. The first-order chi connectivity index (χ1) is 8.45. The number of halogens is 3. The second kappa shape index (κ2) is 5.02. The summed E-state index contributed by atoms with van der Waals surface area (Å²) in [6, 6.07) is 2.58. The molecule has 2 nitrogen and oxygen atoms in total. The summed E-state index contributed by atoms with van der Waals surface area (Å²) in [5, 5.41) is 0. The van der Waals surface area contributed by atoms with Gasteiger partial charge >= 0.3 is 0 Å². The monoisotopic (exact) mass is 275 g/mol. The van der Waals surface area contributed by atoms with Gasteiger partial charge in [0.05, 0.1) is 18.8 Å². The number of morpholine rings is 1. The fourth-order valence-corrected chi connectivity index (χ4v) is 2.38. The molecule has 0 atom stereocenters. The highest BCUT2D eigenvalue weighted by atomic mass is 35.5. The molecule has 0 saturated carbocycles. The summed E-state index contributed by atoms with van der Waals surface area (Å²) in [6.07, 6.45) is 0. The Morgan fingerprint density at radius 3 is 2.44 bits per heavy atom. The lowest BCUT2D eigenvalue weighted by Crippen LogP contribution is -2.53. The maximum Gasteiger partial charge on any atom is 0.149 e. The van der Waals surface area contributed by atoms with Crippen LogP contribution >= 0.6 is 11.6 Å². The average Bonchev–Trinajstić information content (AvgIpc) is 2.29. The molecule has 2 rings (SSSR count). The predicted octanol–water partition coefficient (Wildman–Crippen LogP) is 3.32. The molecule has 1 fully saturated rings. The Morgan fingerprint density at radius 1 is 1.33 bits per heavy atom. The SMILES string of the molecule is CC1(C)COCCN1c1c(F)cc(CCl)cc1F. The number of hydrogen-bond donors (Lipinski definition) is 0. The van der Waals surface area contributed by atoms with Crippen molar-refractivity contribution in [1.29, 1.82) is 0 Å². The molecule has 1 aromatic rings. The van der Waals surface area contributed by atoms with E-state index in [9.17, 15) is 8.78 Å². The molecule has 1 aliphatic rings. The smallest absolute Gasteiger partial charge is 0.149 e. The summed E-state index contributed by atoms with van der Waals surface area (Å²) in [5.74, 6) is -1.04. The standard InChI is InChI=1S/C13H16ClF2NO/c1-13(2)8-18-4-3-17(13)12-10(15)5-9(7-14)6-11(12)16/h5-6H,3-4,7-8H2,1-2H3. The van der Waals surface area contributed by atoms with Crippen molar-refractivity contribution in [3.05, 3.63) is 29.3 Å². The zero-order valence-electron chi connectivity index (χ0n) is 10.5. The summed E-state index contributed by atoms with van der Waals surface area (Å²) in [7, 11) is 0. The van der Waals surface area contributed by atoms with Crippen LogP contribution in [-0.4, -0.2) is 25.3 Å². The highest BCUT2D eigenvalue weighted by Crippen LogP contribution is 2.32. The van der Waals surface area contributed by atoms with E-state index in [0.717, 1.165) is 0 Å². The summed E-state index contributed by atoms with van der Waals surface area (Å²) < 4.78 is 33.4. The van der Waals surface area contributed by atoms with Gasteiger partial charge in [0.25, 0.3) is 0 Å². The van der Waals surface area contributed by atoms with Gasteiger partial charge in [0.2, 0.25) is 0 Å². The highest BCUT2D eigenvalue weighted by Gasteiger charge is 2.34. The lowest BCUT2D eigenvalue weighted by molar-refractivity contribution is 0.0635. The Labute approximate surface area is 110 Å². The van der Waals surface area contributed by atoms with Gasteiger partial charge in [-0.2, -0.15) is 0 Å². The van der Waals surface area contributed by atoms with Crippen LogP contribution in [0.2, 0.25) is 0 Å². The second-order valence-electron chi connectivity index (χ2n) is 5.06. The zero-order valence-corrected chi connectivity index (χ0v) is 11.2. The van der Waals surface area contributed by atoms with E-state index in [1.807, 2.05) is 13.8 Å². The van der Waals surface area contributed by atoms with E-state index in [1.165, 1.54) is 12.1 Å². The molecule has 18 heavy (non-hydrogen) atoms. The van der Waals surface area contributed by atoms with E-state index in [2.05, 4.69) is 0 Å². The summed E-state index contributed by atoms with van der Waals surface area (Å²) in [6.45, 7) is 5.20. The quantitative estimate of drug-likeness (QED) is 0.768. The van der Waals surface area contributed by atoms with Crippen molar-refractivity contribution in [2.24, 2.45) is 0 Å². The molecule has 1 aliphatic heterocycles. The lowest BCUT2D eigenvalue weighted by Gasteiger charge is -2.43. The number of rotatable bonds is 2. The van der Waals surface area contributed by atoms with Crippen LogP contribution in [0.3, 0.4) is 0 Å². The van der Waals surface area contributed by atoms with Gasteiger partial charge in [0.1, 0.15) is 17.3 Å². The first-order valence-corrected chi connectivity index (χ1v) is 6.38. The Morgan fingerprint density at radius 2 is 1.94 bits per heavy atom. The van der Waals surface area contributed by atoms with Crippen LogP contribution in [-0.2, 0) is 10.6 Å². The maximum absolute atomic E-state index is 14.0. The van der Waals surface area contributed by atoms with Gasteiger partial charge in [-0.1, -0.05) is 0 Å². The fraction of sp³-hybridized carbons (Fsp3) is 0.538. The first-order valence-electron chi connectivity index (χ1n) is 5.85. The molecule has 0 radical (unpaired) electrons. The summed E-state index contributed by atoms with van der Waals surface area (Å²) in [5.41, 5.74) is 0.0289. The zero-order chi connectivity index (χ0) is 13.3. The average molecular weight is 276 g/mol. The van der Waals surface area contributed by atoms with Crippen molar-refractivity contribution in [2.75, 3.05) is 24.7 Å². The van der Waals surface area contributed by atoms with Crippen LogP contribution in [0.25, 0.3) is 0 Å². The minimum absolute atomic E-state index is 0.0113. The molecule has 0 aliphatic carbocycles. The third-order valence-corrected chi connectivity index (χ3v) is 3.45. The number of alkyl halides is 1. The van der Waals surface area contributed by atoms with Crippen LogP contribution < -0.4 is 4.90 Å². The van der Waals surface area contributed by atoms with Crippen molar-refractivity contribution >= 4 is 17.3 Å². The van der Waals surface area contributed by atoms with Crippen LogP contribution in [0, 0.1) is 11.6 Å². The van der Waals surface area contributed by atoms with Gasteiger partial charge < -0.3 is 9.64 Å². The summed E-state index contributed by atoms with van der Waals surface area (Å²) >= 11 is 5.60. The third kappa shape index (κ3) is 2.45. The topological polar surface area (TPSA) is 12.5 Å². The van der Waals surface area contributed by atoms with E-state index in [1.54, 1.807) is 4.90 Å². The van der Waals surface area contributed by atoms with Crippen LogP contribution in [0.15, 0.2) is 12.1 Å². The Balaban J connectivity index is 2.44. The van der Waals surface area contributed by atoms with Crippen LogP contribution in [0.4, 0.5) is 14.5 Å². The van der Waals surface area contributed by atoms with Gasteiger partial charge in [-0.3, -0.25) is 0 Å². The van der Waals surface area contributed by atoms with Gasteiger partial charge in [-0.05, 0) is 31.5 Å². The van der Waals surface area contributed by atoms with Gasteiger partial charge in [-0.15, -0.1) is 11.6 Å². The minimum Gasteiger partial charge on any atom is -0.377 e. The van der Waals surface area contributed by atoms with Gasteiger partial charge in [0.15, 0.2) is 0 Å². The number of anilines is 1. The molecule has 1 saturated heterocycles. The van der Waals surface area contributed by atoms with Crippen LogP contribution in [0.1, 0.15) is 19.4 Å². The van der Waals surface area contributed by atoms with Crippen molar-refractivity contribution in [3.8, 4) is 0 Å². The van der Waals surface area contributed by atoms with E-state index in [0.29, 0.717) is 25.3 Å². The molecule has 0 bridgehead atoms. The van der Waals surface area contributed by atoms with Gasteiger partial charge in [0, 0.05) is 12.4 Å². The van der Waals surface area contributed by atoms with E-state index >= 15 is 0 Å². The highest BCUT2D eigenvalue weighted by molar-refractivity contribution is 6.17. The van der Waals surface area contributed by atoms with E-state index in [4.69, 9.17) is 16.3 Å². The largest absolute Gasteiger partial charge is 0.377 e. The predicted molar refractivity (Wildman–Crippen MR) is 68.2 cm³/mol. The van der Waals surface area contributed by atoms with Crippen molar-refractivity contribution < 1.29 is 13.5 Å². The molecule has 100 valence electrons.